The summed E-state index contributed by atoms with van der Waals surface area (Å²) in [5.74, 6) is 3.50. The fourth-order valence-electron chi connectivity index (χ4n) is 20.8. The molecule has 0 N–H and O–H groups in total. The first-order valence-electron chi connectivity index (χ1n) is 56.1. The highest BCUT2D eigenvalue weighted by atomic mass is 15.1. The summed E-state index contributed by atoms with van der Waals surface area (Å²) in [4.78, 5) is 0. The van der Waals surface area contributed by atoms with Gasteiger partial charge in [0.05, 0.1) is 79.7 Å². The van der Waals surface area contributed by atoms with Crippen LogP contribution in [0.3, 0.4) is 0 Å². The molecule has 7 aromatic carbocycles. The third kappa shape index (κ3) is 30.3. The van der Waals surface area contributed by atoms with Gasteiger partial charge in [0.25, 0.3) is 0 Å². The van der Waals surface area contributed by atoms with Crippen molar-refractivity contribution in [3.8, 4) is 0 Å². The minimum atomic E-state index is 0.0545. The Morgan fingerprint density at radius 1 is 0.213 bits per heavy atom. The number of hydrogen-bond acceptors (Lipinski definition) is 14. The summed E-state index contributed by atoms with van der Waals surface area (Å²) < 4.78 is 0. The Morgan fingerprint density at radius 3 is 0.693 bits per heavy atom. The van der Waals surface area contributed by atoms with Gasteiger partial charge < -0.3 is 0 Å². The second kappa shape index (κ2) is 50.1. The first-order chi connectivity index (χ1) is 70.7. The topological polar surface area (TPSA) is 180 Å². The minimum absolute atomic E-state index is 0.0545. The van der Waals surface area contributed by atoms with Crippen molar-refractivity contribution in [2.75, 3.05) is 0 Å². The summed E-state index contributed by atoms with van der Waals surface area (Å²) in [5, 5.41) is 62.7. The summed E-state index contributed by atoms with van der Waals surface area (Å²) in [6.45, 7) is 80.7. The van der Waals surface area contributed by atoms with Crippen LogP contribution in [-0.2, 0) is 77.4 Å². The largest absolute Gasteiger partial charge is 0.155 e. The number of nitrogens with zero attached hydrogens (tertiary/aromatic N) is 14. The van der Waals surface area contributed by atoms with Crippen LogP contribution in [0.5, 0.6) is 0 Å². The lowest BCUT2D eigenvalue weighted by Gasteiger charge is -2.26. The number of hydrogen-bond donors (Lipinski definition) is 0. The summed E-state index contributed by atoms with van der Waals surface area (Å²) in [6.07, 6.45) is 17.0. The average molecular weight is 2010 g/mol. The van der Waals surface area contributed by atoms with Gasteiger partial charge in [-0.25, -0.2) is 0 Å². The lowest BCUT2D eigenvalue weighted by Crippen LogP contribution is -2.23. The van der Waals surface area contributed by atoms with Gasteiger partial charge in [0.1, 0.15) is 0 Å². The van der Waals surface area contributed by atoms with Gasteiger partial charge in [-0.3, -0.25) is 0 Å². The molecule has 4 saturated carbocycles. The minimum Gasteiger partial charge on any atom is -0.155 e. The maximum Gasteiger partial charge on any atom is 0.0688 e. The number of aromatic nitrogens is 14. The molecule has 0 saturated heterocycles. The molecule has 0 spiro atoms. The molecule has 794 valence electrons. The smallest absolute Gasteiger partial charge is 0.0688 e. The van der Waals surface area contributed by atoms with Crippen LogP contribution in [0, 0.1) is 125 Å². The lowest BCUT2D eigenvalue weighted by molar-refractivity contribution is 0.508. The van der Waals surface area contributed by atoms with Crippen LogP contribution in [0.1, 0.15) is 449 Å². The SMILES string of the molecule is Cc1ccc(C(C)(C)Cc2nnc(C(C)C)c(C)c2C)cc1.Cc1ccc(C(C)(C)Cc2nnc(C(C)C)cc2C)cc1.Cc1ccc(C2(Cc3nnc(C(C)C)c(C)c3C)CC2)cc1.Cc1ccc(C2(Cc3nnc(C(C)C)c(C)c3C)CC2)cc1.Cc1ccc(C2(Cc3nnc(C(C)C)cc3C)CC2)cc1.Cc1ccc(C2(Cc3nnc(C(C)C)cc3C)CC2)cc1.Cc1ccc([C@H](C)Cc2nnc(C(C)C)cc2C)c(C)c1. The second-order valence-corrected chi connectivity index (χ2v) is 49.1. The van der Waals surface area contributed by atoms with E-state index in [1.807, 2.05) is 0 Å². The van der Waals surface area contributed by atoms with Gasteiger partial charge in [0.2, 0.25) is 0 Å². The molecule has 14 nitrogen and oxygen atoms in total. The predicted molar refractivity (Wildman–Crippen MR) is 627 cm³/mol. The number of aryl methyl sites for hydroxylation is 12. The van der Waals surface area contributed by atoms with Crippen molar-refractivity contribution in [2.45, 2.75) is 432 Å². The highest BCUT2D eigenvalue weighted by Gasteiger charge is 2.48. The van der Waals surface area contributed by atoms with Crippen molar-refractivity contribution in [3.05, 3.63) is 407 Å². The first kappa shape index (κ1) is 117. The summed E-state index contributed by atoms with van der Waals surface area (Å²) >= 11 is 0. The lowest BCUT2D eigenvalue weighted by atomic mass is 9.79. The van der Waals surface area contributed by atoms with E-state index in [2.05, 4.69) is 516 Å². The Morgan fingerprint density at radius 2 is 0.440 bits per heavy atom. The number of benzene rings is 7. The third-order valence-corrected chi connectivity index (χ3v) is 32.8. The van der Waals surface area contributed by atoms with Crippen LogP contribution in [0.15, 0.2) is 188 Å². The Balaban J connectivity index is 0.000000155. The molecule has 4 aliphatic rings. The Hall–Kier alpha value is -11.9. The van der Waals surface area contributed by atoms with E-state index in [9.17, 15) is 0 Å². The first-order valence-corrected chi connectivity index (χ1v) is 56.1. The van der Waals surface area contributed by atoms with Gasteiger partial charge in [-0.05, 0) is 365 Å². The van der Waals surface area contributed by atoms with E-state index >= 15 is 0 Å². The molecule has 1 atom stereocenters. The van der Waals surface area contributed by atoms with E-state index in [0.29, 0.717) is 69.0 Å². The third-order valence-electron chi connectivity index (χ3n) is 32.8. The quantitative estimate of drug-likeness (QED) is 0.0452. The zero-order chi connectivity index (χ0) is 110. The molecule has 0 amide bonds. The zero-order valence-corrected chi connectivity index (χ0v) is 98.9. The van der Waals surface area contributed by atoms with E-state index in [4.69, 9.17) is 0 Å². The maximum absolute atomic E-state index is 4.58. The Kier molecular flexibility index (Phi) is 39.0. The van der Waals surface area contributed by atoms with Gasteiger partial charge in [0, 0.05) is 60.2 Å². The van der Waals surface area contributed by atoms with Gasteiger partial charge in [-0.2, -0.15) is 71.4 Å². The van der Waals surface area contributed by atoms with Crippen LogP contribution < -0.4 is 0 Å². The number of rotatable bonds is 28. The summed E-state index contributed by atoms with van der Waals surface area (Å²) in [5.41, 5.74) is 50.6. The molecule has 4 aliphatic carbocycles. The molecular formula is C136H180N14. The van der Waals surface area contributed by atoms with E-state index in [1.165, 1.54) is 202 Å². The van der Waals surface area contributed by atoms with Crippen LogP contribution in [0.2, 0.25) is 0 Å². The molecule has 0 aliphatic heterocycles. The highest BCUT2D eigenvalue weighted by Crippen LogP contribution is 2.55. The average Bonchev–Trinajstić information content (AvgIpc) is 1.61. The molecule has 0 bridgehead atoms. The van der Waals surface area contributed by atoms with E-state index in [1.54, 1.807) is 0 Å². The van der Waals surface area contributed by atoms with Crippen LogP contribution >= 0.6 is 0 Å². The van der Waals surface area contributed by atoms with Crippen molar-refractivity contribution < 1.29 is 0 Å². The van der Waals surface area contributed by atoms with Crippen molar-refractivity contribution in [1.29, 1.82) is 0 Å². The molecule has 0 radical (unpaired) electrons. The fourth-order valence-corrected chi connectivity index (χ4v) is 20.8. The normalized spacial score (nSPS) is 14.5. The maximum atomic E-state index is 4.58. The molecular weight excluding hydrogens is 1830 g/mol. The molecule has 14 aromatic rings. The van der Waals surface area contributed by atoms with Gasteiger partial charge in [-0.15, -0.1) is 0 Å². The zero-order valence-electron chi connectivity index (χ0n) is 98.9. The predicted octanol–water partition coefficient (Wildman–Crippen LogP) is 33.2. The molecule has 7 aromatic heterocycles. The fraction of sp³-hybridized carbons (Fsp3) is 0.485. The Bertz CT molecular complexity index is 6310. The summed E-state index contributed by atoms with van der Waals surface area (Å²) in [7, 11) is 0. The van der Waals surface area contributed by atoms with Crippen molar-refractivity contribution in [2.24, 2.45) is 0 Å². The van der Waals surface area contributed by atoms with E-state index in [-0.39, 0.29) is 10.8 Å². The second-order valence-electron chi connectivity index (χ2n) is 49.1. The van der Waals surface area contributed by atoms with Crippen LogP contribution in [0.25, 0.3) is 0 Å². The van der Waals surface area contributed by atoms with Gasteiger partial charge in [0.15, 0.2) is 0 Å². The van der Waals surface area contributed by atoms with Crippen molar-refractivity contribution >= 4 is 0 Å². The summed E-state index contributed by atoms with van der Waals surface area (Å²) in [6, 6.07) is 69.2. The molecule has 4 fully saturated rings. The van der Waals surface area contributed by atoms with Crippen LogP contribution in [-0.4, -0.2) is 71.4 Å². The molecule has 0 unspecified atom stereocenters. The van der Waals surface area contributed by atoms with Gasteiger partial charge >= 0.3 is 0 Å². The Labute approximate surface area is 904 Å². The highest BCUT2D eigenvalue weighted by molar-refractivity contribution is 5.46. The van der Waals surface area contributed by atoms with Crippen molar-refractivity contribution in [3.63, 3.8) is 0 Å². The standard InChI is InChI=1S/2C20H26N2.C20H28N2.2C19H24N2.2C19H26N2/c2*1-13(2)19-16(5)15(4)18(21-22-19)12-20(10-11-20)17-8-6-14(3)7-9-17;1-13(2)19-16(5)15(4)18(21-22-19)12-20(6,7)17-10-8-14(3)9-11-17;2*1-13(2)17-11-15(4)18(21-20-17)12-19(9-10-19)16-7-5-14(3)6-8-16;1-13(2)17-11-15(4)18(21-20-17)12-19(5,6)16-9-7-14(3)8-10-16;1-12(2)18-11-16(6)19(21-20-18)10-15(5)17-8-7-13(3)9-14(17)4/h2*6-9,13H,10-12H2,1-5H3;8-11,13H,12H2,1-7H3;2*5-8,11,13H,9-10,12H2,1-4H3;7-11,13H,12H2,1-6H3;7-9,11-12,15H,10H2,1-6H3/t;;;;;;15-/m......1/s1. The van der Waals surface area contributed by atoms with Crippen LogP contribution in [0.4, 0.5) is 0 Å². The molecule has 18 rings (SSSR count). The molecule has 7 heterocycles. The molecule has 14 heteroatoms. The van der Waals surface area contributed by atoms with Crippen molar-refractivity contribution in [1.82, 2.24) is 71.4 Å². The molecule has 150 heavy (non-hydrogen) atoms. The monoisotopic (exact) mass is 2010 g/mol. The van der Waals surface area contributed by atoms with E-state index in [0.717, 1.165) is 113 Å². The van der Waals surface area contributed by atoms with E-state index < -0.39 is 0 Å². The van der Waals surface area contributed by atoms with Gasteiger partial charge in [-0.1, -0.05) is 334 Å².